The minimum absolute atomic E-state index is 0.00463. The van der Waals surface area contributed by atoms with Crippen molar-refractivity contribution < 1.29 is 44.4 Å². The Morgan fingerprint density at radius 3 is 2.24 bits per heavy atom. The molecule has 0 aromatic heterocycles. The lowest BCUT2D eigenvalue weighted by Crippen LogP contribution is -2.41. The van der Waals surface area contributed by atoms with Gasteiger partial charge in [0.1, 0.15) is 11.7 Å². The molecule has 0 aromatic rings. The van der Waals surface area contributed by atoms with E-state index in [0.29, 0.717) is 19.3 Å². The maximum Gasteiger partial charge on any atom is 0.469 e. The van der Waals surface area contributed by atoms with Crippen LogP contribution in [0, 0.1) is 0 Å². The highest BCUT2D eigenvalue weighted by molar-refractivity contribution is 7.46. The van der Waals surface area contributed by atoms with Gasteiger partial charge < -0.3 is 35.3 Å². The van der Waals surface area contributed by atoms with Gasteiger partial charge in [-0.05, 0) is 26.2 Å². The first-order valence-corrected chi connectivity index (χ1v) is 10.8. The Bertz CT molecular complexity index is 592. The molecule has 9 nitrogen and oxygen atoms in total. The molecule has 0 rings (SSSR count). The third-order valence-corrected chi connectivity index (χ3v) is 4.37. The van der Waals surface area contributed by atoms with Crippen LogP contribution in [0.4, 0.5) is 0 Å². The van der Waals surface area contributed by atoms with Crippen molar-refractivity contribution in [3.8, 4) is 0 Å². The van der Waals surface area contributed by atoms with Crippen LogP contribution in [0.3, 0.4) is 0 Å². The molecule has 0 spiro atoms. The molecule has 0 amide bonds. The lowest BCUT2D eigenvalue weighted by molar-refractivity contribution is -0.0420. The van der Waals surface area contributed by atoms with E-state index in [9.17, 15) is 19.9 Å². The SMILES string of the molecule is C[C@@](O)(/C=C/[C@H](O)CCCCO)[C@@H](C[C@@H](O)\C=C/C=C\C=C\CO)OP(=O)(O)O. The van der Waals surface area contributed by atoms with E-state index in [4.69, 9.17) is 20.0 Å². The Labute approximate surface area is 171 Å². The van der Waals surface area contributed by atoms with Crippen LogP contribution in [0.1, 0.15) is 32.6 Å². The zero-order valence-electron chi connectivity index (χ0n) is 16.5. The standard InChI is InChI=1S/C19H33O9P/c1-19(24,12-11-16(22)9-6-8-14-21)18(28-29(25,26)27)15-17(23)10-5-3-2-4-7-13-20/h2-5,7,10-12,16-18,20-24H,6,8-9,13-15H2,1H3,(H2,25,26,27)/b3-2-,7-4+,10-5-,12-11+/t16-,17+,18-,19-/m1/s1. The molecule has 29 heavy (non-hydrogen) atoms. The van der Waals surface area contributed by atoms with Crippen molar-refractivity contribution in [2.24, 2.45) is 0 Å². The summed E-state index contributed by atoms with van der Waals surface area (Å²) < 4.78 is 15.9. The van der Waals surface area contributed by atoms with Crippen molar-refractivity contribution in [3.05, 3.63) is 48.6 Å². The molecule has 4 atom stereocenters. The van der Waals surface area contributed by atoms with E-state index < -0.39 is 31.7 Å². The normalized spacial score (nSPS) is 18.8. The van der Waals surface area contributed by atoms with Gasteiger partial charge in [0.2, 0.25) is 0 Å². The molecule has 0 unspecified atom stereocenters. The van der Waals surface area contributed by atoms with E-state index in [1.54, 1.807) is 18.2 Å². The van der Waals surface area contributed by atoms with Gasteiger partial charge in [-0.2, -0.15) is 0 Å². The highest BCUT2D eigenvalue weighted by Crippen LogP contribution is 2.41. The Hall–Kier alpha value is -1.13. The minimum atomic E-state index is -4.95. The third-order valence-electron chi connectivity index (χ3n) is 3.84. The van der Waals surface area contributed by atoms with Crippen molar-refractivity contribution >= 4 is 7.82 Å². The molecular weight excluding hydrogens is 403 g/mol. The zero-order valence-corrected chi connectivity index (χ0v) is 17.4. The Morgan fingerprint density at radius 2 is 1.66 bits per heavy atom. The number of hydrogen-bond acceptors (Lipinski definition) is 7. The molecule has 0 aliphatic heterocycles. The maximum atomic E-state index is 11.3. The highest BCUT2D eigenvalue weighted by Gasteiger charge is 2.36. The molecule has 0 aliphatic rings. The van der Waals surface area contributed by atoms with Crippen molar-refractivity contribution in [1.82, 2.24) is 0 Å². The van der Waals surface area contributed by atoms with E-state index in [-0.39, 0.29) is 19.6 Å². The number of phosphoric acid groups is 1. The monoisotopic (exact) mass is 436 g/mol. The molecule has 0 aromatic carbocycles. The van der Waals surface area contributed by atoms with Crippen molar-refractivity contribution in [3.63, 3.8) is 0 Å². The van der Waals surface area contributed by atoms with Gasteiger partial charge in [-0.3, -0.25) is 4.52 Å². The van der Waals surface area contributed by atoms with Gasteiger partial charge in [-0.15, -0.1) is 0 Å². The van der Waals surface area contributed by atoms with Crippen LogP contribution in [0.2, 0.25) is 0 Å². The van der Waals surface area contributed by atoms with Gasteiger partial charge in [0.25, 0.3) is 0 Å². The summed E-state index contributed by atoms with van der Waals surface area (Å²) in [6, 6.07) is 0. The predicted molar refractivity (Wildman–Crippen MR) is 109 cm³/mol. The molecule has 0 saturated carbocycles. The molecular formula is C19H33O9P. The van der Waals surface area contributed by atoms with Crippen LogP contribution in [0.15, 0.2) is 48.6 Å². The highest BCUT2D eigenvalue weighted by atomic mass is 31.2. The largest absolute Gasteiger partial charge is 0.469 e. The lowest BCUT2D eigenvalue weighted by Gasteiger charge is -2.31. The fourth-order valence-corrected chi connectivity index (χ4v) is 2.92. The number of allylic oxidation sites excluding steroid dienone is 4. The van der Waals surface area contributed by atoms with Gasteiger partial charge >= 0.3 is 7.82 Å². The Kier molecular flexibility index (Phi) is 14.2. The number of rotatable bonds is 15. The van der Waals surface area contributed by atoms with Gasteiger partial charge in [0, 0.05) is 13.0 Å². The molecule has 0 fully saturated rings. The summed E-state index contributed by atoms with van der Waals surface area (Å²) in [7, 11) is -4.95. The fourth-order valence-electron chi connectivity index (χ4n) is 2.29. The molecule has 0 saturated heterocycles. The van der Waals surface area contributed by atoms with E-state index in [1.807, 2.05) is 0 Å². The second kappa shape index (κ2) is 14.8. The number of phosphoric ester groups is 1. The van der Waals surface area contributed by atoms with Crippen LogP contribution >= 0.6 is 7.82 Å². The summed E-state index contributed by atoms with van der Waals surface area (Å²) in [5.41, 5.74) is -1.88. The average molecular weight is 436 g/mol. The van der Waals surface area contributed by atoms with Crippen molar-refractivity contribution in [2.45, 2.75) is 56.5 Å². The zero-order chi connectivity index (χ0) is 22.3. The van der Waals surface area contributed by atoms with Crippen LogP contribution in [-0.4, -0.2) is 72.4 Å². The van der Waals surface area contributed by atoms with E-state index >= 15 is 0 Å². The molecule has 7 N–H and O–H groups in total. The third kappa shape index (κ3) is 15.4. The molecule has 0 bridgehead atoms. The second-order valence-corrected chi connectivity index (χ2v) is 7.83. The summed E-state index contributed by atoms with van der Waals surface area (Å²) >= 11 is 0. The quantitative estimate of drug-likeness (QED) is 0.0846. The smallest absolute Gasteiger partial charge is 0.396 e. The van der Waals surface area contributed by atoms with Crippen LogP contribution < -0.4 is 0 Å². The van der Waals surface area contributed by atoms with Crippen molar-refractivity contribution in [2.75, 3.05) is 13.2 Å². The number of aliphatic hydroxyl groups excluding tert-OH is 4. The lowest BCUT2D eigenvalue weighted by atomic mass is 9.93. The topological polar surface area (TPSA) is 168 Å². The Morgan fingerprint density at radius 1 is 1.00 bits per heavy atom. The van der Waals surface area contributed by atoms with Crippen molar-refractivity contribution in [1.29, 1.82) is 0 Å². The Balaban J connectivity index is 5.09. The average Bonchev–Trinajstić information content (AvgIpc) is 2.61. The molecule has 0 aliphatic carbocycles. The molecule has 0 heterocycles. The molecule has 0 radical (unpaired) electrons. The van der Waals surface area contributed by atoms with Gasteiger partial charge in [-0.1, -0.05) is 48.6 Å². The summed E-state index contributed by atoms with van der Waals surface area (Å²) in [4.78, 5) is 18.2. The van der Waals surface area contributed by atoms with Gasteiger partial charge in [-0.25, -0.2) is 4.57 Å². The fraction of sp³-hybridized carbons (Fsp3) is 0.579. The first-order chi connectivity index (χ1) is 13.5. The van der Waals surface area contributed by atoms with Crippen LogP contribution in [-0.2, 0) is 9.09 Å². The number of unbranched alkanes of at least 4 members (excludes halogenated alkanes) is 1. The number of aliphatic hydroxyl groups is 5. The summed E-state index contributed by atoms with van der Waals surface area (Å²) in [5.74, 6) is 0. The van der Waals surface area contributed by atoms with Crippen LogP contribution in [0.25, 0.3) is 0 Å². The first kappa shape index (κ1) is 27.9. The first-order valence-electron chi connectivity index (χ1n) is 9.25. The van der Waals surface area contributed by atoms with Gasteiger partial charge in [0.15, 0.2) is 0 Å². The van der Waals surface area contributed by atoms with Crippen LogP contribution in [0.5, 0.6) is 0 Å². The maximum absolute atomic E-state index is 11.3. The molecule has 168 valence electrons. The van der Waals surface area contributed by atoms with Gasteiger partial charge in [0.05, 0.1) is 18.8 Å². The summed E-state index contributed by atoms with van der Waals surface area (Å²) in [6.45, 7) is 1.15. The van der Waals surface area contributed by atoms with E-state index in [2.05, 4.69) is 4.52 Å². The summed E-state index contributed by atoms with van der Waals surface area (Å²) in [5, 5.41) is 47.9. The van der Waals surface area contributed by atoms with E-state index in [0.717, 1.165) is 0 Å². The van der Waals surface area contributed by atoms with E-state index in [1.165, 1.54) is 37.3 Å². The predicted octanol–water partition coefficient (Wildman–Crippen LogP) is 0.707. The minimum Gasteiger partial charge on any atom is -0.396 e. The summed E-state index contributed by atoms with van der Waals surface area (Å²) in [6.07, 6.45) is 9.17. The second-order valence-electron chi connectivity index (χ2n) is 6.64. The number of hydrogen-bond donors (Lipinski definition) is 7. The molecule has 10 heteroatoms.